The number of carbonyl (C=O) groups is 2. The molecular formula is C28H36F3N3O5S. The first-order valence-corrected chi connectivity index (χ1v) is 14.7. The minimum absolute atomic E-state index is 0.0971. The van der Waals surface area contributed by atoms with Gasteiger partial charge in [-0.25, -0.2) is 8.42 Å². The van der Waals surface area contributed by atoms with Gasteiger partial charge in [-0.2, -0.15) is 13.2 Å². The van der Waals surface area contributed by atoms with Crippen LogP contribution in [-0.2, 0) is 25.6 Å². The summed E-state index contributed by atoms with van der Waals surface area (Å²) in [5.74, 6) is -2.11. The summed E-state index contributed by atoms with van der Waals surface area (Å²) in [6, 6.07) is 10.8. The highest BCUT2D eigenvalue weighted by Crippen LogP contribution is 2.34. The van der Waals surface area contributed by atoms with Crippen molar-refractivity contribution in [2.45, 2.75) is 68.7 Å². The van der Waals surface area contributed by atoms with Crippen molar-refractivity contribution in [3.8, 4) is 5.75 Å². The van der Waals surface area contributed by atoms with Crippen molar-refractivity contribution in [3.63, 3.8) is 0 Å². The van der Waals surface area contributed by atoms with E-state index in [4.69, 9.17) is 4.74 Å². The fraction of sp³-hybridized carbons (Fsp3) is 0.500. The molecule has 2 amide bonds. The largest absolute Gasteiger partial charge is 0.497 e. The predicted molar refractivity (Wildman–Crippen MR) is 146 cm³/mol. The summed E-state index contributed by atoms with van der Waals surface area (Å²) in [7, 11) is -0.442. The second kappa shape index (κ2) is 13.0. The number of methoxy groups -OCH3 is 1. The Morgan fingerprint density at radius 3 is 2.35 bits per heavy atom. The Kier molecular flexibility index (Phi) is 10.2. The monoisotopic (exact) mass is 583 g/mol. The molecule has 0 heterocycles. The lowest BCUT2D eigenvalue weighted by atomic mass is 9.81. The van der Waals surface area contributed by atoms with Gasteiger partial charge in [-0.05, 0) is 70.3 Å². The summed E-state index contributed by atoms with van der Waals surface area (Å²) >= 11 is 0. The smallest absolute Gasteiger partial charge is 0.416 e. The molecule has 0 unspecified atom stereocenters. The highest BCUT2D eigenvalue weighted by molar-refractivity contribution is 7.91. The number of hydrogen-bond acceptors (Lipinski definition) is 6. The molecule has 8 nitrogen and oxygen atoms in total. The van der Waals surface area contributed by atoms with Gasteiger partial charge in [-0.3, -0.25) is 9.59 Å². The molecule has 0 radical (unpaired) electrons. The van der Waals surface area contributed by atoms with Crippen molar-refractivity contribution in [2.24, 2.45) is 5.92 Å². The fourth-order valence-electron chi connectivity index (χ4n) is 4.97. The first kappa shape index (κ1) is 31.4. The Morgan fingerprint density at radius 2 is 1.75 bits per heavy atom. The third-order valence-corrected chi connectivity index (χ3v) is 9.16. The Hall–Kier alpha value is -3.12. The average molecular weight is 584 g/mol. The van der Waals surface area contributed by atoms with Crippen molar-refractivity contribution in [2.75, 3.05) is 25.2 Å². The van der Waals surface area contributed by atoms with Crippen LogP contribution in [0.5, 0.6) is 5.75 Å². The van der Waals surface area contributed by atoms with Crippen LogP contribution in [0.15, 0.2) is 53.4 Å². The minimum atomic E-state index is -4.65. The first-order chi connectivity index (χ1) is 18.7. The second-order valence-electron chi connectivity index (χ2n) is 10.4. The van der Waals surface area contributed by atoms with E-state index < -0.39 is 51.8 Å². The van der Waals surface area contributed by atoms with E-state index in [-0.39, 0.29) is 34.2 Å². The Bertz CT molecular complexity index is 1290. The maximum Gasteiger partial charge on any atom is 0.416 e. The number of alkyl halides is 3. The van der Waals surface area contributed by atoms with Crippen molar-refractivity contribution in [1.82, 2.24) is 10.2 Å². The van der Waals surface area contributed by atoms with Crippen LogP contribution in [0.4, 0.5) is 18.9 Å². The van der Waals surface area contributed by atoms with Gasteiger partial charge in [0.1, 0.15) is 12.2 Å². The number of nitrogens with one attached hydrogen (secondary N) is 2. The first-order valence-electron chi connectivity index (χ1n) is 13.0. The van der Waals surface area contributed by atoms with Crippen molar-refractivity contribution < 1.29 is 35.9 Å². The summed E-state index contributed by atoms with van der Waals surface area (Å²) in [5.41, 5.74) is -1.16. The zero-order chi connectivity index (χ0) is 29.7. The van der Waals surface area contributed by atoms with Gasteiger partial charge in [0.05, 0.1) is 23.3 Å². The molecule has 2 aromatic rings. The summed E-state index contributed by atoms with van der Waals surface area (Å²) in [6.07, 6.45) is -3.49. The Labute approximate surface area is 233 Å². The van der Waals surface area contributed by atoms with Crippen molar-refractivity contribution in [1.29, 1.82) is 0 Å². The van der Waals surface area contributed by atoms with Crippen LogP contribution in [-0.4, -0.2) is 63.2 Å². The third kappa shape index (κ3) is 8.44. The zero-order valence-electron chi connectivity index (χ0n) is 23.0. The molecule has 0 aliphatic heterocycles. The fourth-order valence-corrected chi connectivity index (χ4v) is 6.67. The standard InChI is InChI=1S/C28H36F3N3O5S/c1-18(2)34(3)22-10-11-25(19(12-22)17-40(37,38)24-8-6-5-7-9-24)33-27(36)16-26(35)32-21-13-20(28(29,30)31)14-23(15-21)39-4/h5-9,13-15,18-19,22,25H,10-12,16-17H2,1-4H3,(H,32,35)(H,33,36)/t19-,22+,25-/m0/s1. The maximum absolute atomic E-state index is 13.2. The normalized spacial score (nSPS) is 19.9. The van der Waals surface area contributed by atoms with E-state index in [0.717, 1.165) is 18.6 Å². The number of carbonyl (C=O) groups excluding carboxylic acids is 2. The number of amides is 2. The van der Waals surface area contributed by atoms with E-state index in [0.29, 0.717) is 12.8 Å². The summed E-state index contributed by atoms with van der Waals surface area (Å²) in [6.45, 7) is 4.12. The average Bonchev–Trinajstić information content (AvgIpc) is 2.88. The van der Waals surface area contributed by atoms with Gasteiger partial charge in [-0.1, -0.05) is 18.2 Å². The third-order valence-electron chi connectivity index (χ3n) is 7.30. The molecule has 40 heavy (non-hydrogen) atoms. The van der Waals surface area contributed by atoms with Crippen LogP contribution in [0, 0.1) is 5.92 Å². The molecule has 0 bridgehead atoms. The highest BCUT2D eigenvalue weighted by Gasteiger charge is 2.37. The molecule has 3 atom stereocenters. The molecule has 0 spiro atoms. The predicted octanol–water partition coefficient (Wildman–Crippen LogP) is 4.51. The van der Waals surface area contributed by atoms with E-state index in [1.807, 2.05) is 7.05 Å². The lowest BCUT2D eigenvalue weighted by molar-refractivity contribution is -0.137. The molecule has 3 rings (SSSR count). The molecule has 1 aliphatic rings. The van der Waals surface area contributed by atoms with Crippen LogP contribution in [0.25, 0.3) is 0 Å². The van der Waals surface area contributed by atoms with Gasteiger partial charge in [0.25, 0.3) is 0 Å². The number of halogens is 3. The van der Waals surface area contributed by atoms with E-state index in [2.05, 4.69) is 29.4 Å². The lowest BCUT2D eigenvalue weighted by Gasteiger charge is -2.41. The van der Waals surface area contributed by atoms with Crippen molar-refractivity contribution >= 4 is 27.3 Å². The lowest BCUT2D eigenvalue weighted by Crippen LogP contribution is -2.51. The Balaban J connectivity index is 1.71. The van der Waals surface area contributed by atoms with Crippen LogP contribution in [0.3, 0.4) is 0 Å². The minimum Gasteiger partial charge on any atom is -0.497 e. The quantitative estimate of drug-likeness (QED) is 0.399. The van der Waals surface area contributed by atoms with Crippen LogP contribution in [0.1, 0.15) is 45.1 Å². The van der Waals surface area contributed by atoms with Crippen LogP contribution < -0.4 is 15.4 Å². The maximum atomic E-state index is 13.2. The van der Waals surface area contributed by atoms with Crippen LogP contribution in [0.2, 0.25) is 0 Å². The summed E-state index contributed by atoms with van der Waals surface area (Å²) < 4.78 is 70.9. The molecule has 1 aliphatic carbocycles. The number of ether oxygens (including phenoxy) is 1. The van der Waals surface area contributed by atoms with Gasteiger partial charge < -0.3 is 20.3 Å². The van der Waals surface area contributed by atoms with Gasteiger partial charge in [0.2, 0.25) is 11.8 Å². The molecule has 220 valence electrons. The number of benzene rings is 2. The summed E-state index contributed by atoms with van der Waals surface area (Å²) in [4.78, 5) is 27.8. The number of nitrogens with zero attached hydrogens (tertiary/aromatic N) is 1. The summed E-state index contributed by atoms with van der Waals surface area (Å²) in [5, 5.41) is 5.14. The number of anilines is 1. The number of rotatable bonds is 10. The highest BCUT2D eigenvalue weighted by atomic mass is 32.2. The molecule has 2 aromatic carbocycles. The SMILES string of the molecule is COc1cc(NC(=O)CC(=O)N[C@H]2CC[C@@H](N(C)C(C)C)C[C@H]2CS(=O)(=O)c2ccccc2)cc(C(F)(F)F)c1. The van der Waals surface area contributed by atoms with E-state index >= 15 is 0 Å². The topological polar surface area (TPSA) is 105 Å². The molecule has 0 aromatic heterocycles. The molecule has 1 fully saturated rings. The second-order valence-corrected chi connectivity index (χ2v) is 12.5. The van der Waals surface area contributed by atoms with Gasteiger partial charge in [0, 0.05) is 29.9 Å². The van der Waals surface area contributed by atoms with Gasteiger partial charge >= 0.3 is 6.18 Å². The zero-order valence-corrected chi connectivity index (χ0v) is 23.8. The van der Waals surface area contributed by atoms with Crippen molar-refractivity contribution in [3.05, 3.63) is 54.1 Å². The van der Waals surface area contributed by atoms with E-state index in [9.17, 15) is 31.2 Å². The van der Waals surface area contributed by atoms with Gasteiger partial charge in [0.15, 0.2) is 9.84 Å². The van der Waals surface area contributed by atoms with E-state index in [1.165, 1.54) is 25.3 Å². The number of hydrogen-bond donors (Lipinski definition) is 2. The molecule has 2 N–H and O–H groups in total. The number of sulfone groups is 1. The van der Waals surface area contributed by atoms with Crippen LogP contribution >= 0.6 is 0 Å². The molecule has 12 heteroatoms. The molecule has 0 saturated heterocycles. The molecular weight excluding hydrogens is 547 g/mol. The van der Waals surface area contributed by atoms with E-state index in [1.54, 1.807) is 18.2 Å². The Morgan fingerprint density at radius 1 is 1.07 bits per heavy atom. The van der Waals surface area contributed by atoms with Gasteiger partial charge in [-0.15, -0.1) is 0 Å². The molecule has 1 saturated carbocycles.